The van der Waals surface area contributed by atoms with Crippen molar-refractivity contribution < 1.29 is 9.53 Å². The van der Waals surface area contributed by atoms with Gasteiger partial charge in [0.15, 0.2) is 0 Å². The van der Waals surface area contributed by atoms with E-state index in [4.69, 9.17) is 4.74 Å². The first-order chi connectivity index (χ1) is 10.6. The Morgan fingerprint density at radius 1 is 1.36 bits per heavy atom. The number of amides is 1. The van der Waals surface area contributed by atoms with Crippen molar-refractivity contribution in [3.63, 3.8) is 0 Å². The predicted molar refractivity (Wildman–Crippen MR) is 88.3 cm³/mol. The molecule has 124 valence electrons. The summed E-state index contributed by atoms with van der Waals surface area (Å²) < 4.78 is 5.30. The minimum absolute atomic E-state index is 0.00287. The molecule has 2 heterocycles. The number of nitrogens with one attached hydrogen (secondary N) is 2. The van der Waals surface area contributed by atoms with Crippen LogP contribution in [-0.2, 0) is 9.53 Å². The molecule has 0 aromatic carbocycles. The average molecular weight is 326 g/mol. The summed E-state index contributed by atoms with van der Waals surface area (Å²) in [6.45, 7) is 6.42. The first-order valence-electron chi connectivity index (χ1n) is 7.99. The Bertz CT molecular complexity index is 476. The summed E-state index contributed by atoms with van der Waals surface area (Å²) in [5.74, 6) is 0.429. The lowest BCUT2D eigenvalue weighted by molar-refractivity contribution is -0.130. The number of ether oxygens (including phenoxy) is 1. The summed E-state index contributed by atoms with van der Waals surface area (Å²) in [6.07, 6.45) is 3.65. The predicted octanol–water partition coefficient (Wildman–Crippen LogP) is 2.40. The van der Waals surface area contributed by atoms with Gasteiger partial charge in [-0.1, -0.05) is 25.2 Å². The maximum absolute atomic E-state index is 12.7. The van der Waals surface area contributed by atoms with Crippen LogP contribution in [0, 0.1) is 5.41 Å². The standard InChI is InChI=1S/C15H26N4O2S/c1-4-11(5-2)12-18-19-14(22-12)17-13(20)15(10-21-3)6-8-16-9-7-15/h11,16H,4-10H2,1-3H3,(H,17,19,20). The molecule has 1 aromatic rings. The molecule has 1 fully saturated rings. The third-order valence-corrected chi connectivity index (χ3v) is 5.46. The molecule has 1 aliphatic heterocycles. The topological polar surface area (TPSA) is 76.1 Å². The van der Waals surface area contributed by atoms with E-state index >= 15 is 0 Å². The molecule has 0 unspecified atom stereocenters. The summed E-state index contributed by atoms with van der Waals surface area (Å²) in [4.78, 5) is 12.7. The molecule has 0 aliphatic carbocycles. The Balaban J connectivity index is 2.06. The molecule has 7 heteroatoms. The second-order valence-corrected chi connectivity index (χ2v) is 6.89. The molecule has 1 aliphatic rings. The lowest BCUT2D eigenvalue weighted by Gasteiger charge is -2.35. The fourth-order valence-electron chi connectivity index (χ4n) is 2.94. The Hall–Kier alpha value is -1.05. The van der Waals surface area contributed by atoms with Gasteiger partial charge in [-0.15, -0.1) is 10.2 Å². The third-order valence-electron chi connectivity index (χ3n) is 4.46. The highest BCUT2D eigenvalue weighted by atomic mass is 32.1. The van der Waals surface area contributed by atoms with E-state index in [9.17, 15) is 4.79 Å². The maximum atomic E-state index is 12.7. The lowest BCUT2D eigenvalue weighted by Crippen LogP contribution is -2.47. The first kappa shape index (κ1) is 17.3. The van der Waals surface area contributed by atoms with Crippen LogP contribution in [0.25, 0.3) is 0 Å². The number of hydrogen-bond donors (Lipinski definition) is 2. The van der Waals surface area contributed by atoms with Crippen molar-refractivity contribution in [3.8, 4) is 0 Å². The van der Waals surface area contributed by atoms with Gasteiger partial charge >= 0.3 is 0 Å². The van der Waals surface area contributed by atoms with Crippen LogP contribution >= 0.6 is 11.3 Å². The van der Waals surface area contributed by atoms with Gasteiger partial charge in [-0.25, -0.2) is 0 Å². The highest BCUT2D eigenvalue weighted by molar-refractivity contribution is 7.15. The number of nitrogens with zero attached hydrogens (tertiary/aromatic N) is 2. The Morgan fingerprint density at radius 2 is 2.05 bits per heavy atom. The van der Waals surface area contributed by atoms with Crippen LogP contribution < -0.4 is 10.6 Å². The number of anilines is 1. The molecular weight excluding hydrogens is 300 g/mol. The normalized spacial score (nSPS) is 17.6. The van der Waals surface area contributed by atoms with Gasteiger partial charge in [0.25, 0.3) is 0 Å². The van der Waals surface area contributed by atoms with Crippen molar-refractivity contribution in [2.24, 2.45) is 5.41 Å². The molecule has 1 aromatic heterocycles. The highest BCUT2D eigenvalue weighted by Gasteiger charge is 2.40. The number of piperidine rings is 1. The number of carbonyl (C=O) groups is 1. The Labute approximate surface area is 136 Å². The smallest absolute Gasteiger partial charge is 0.234 e. The van der Waals surface area contributed by atoms with E-state index in [1.54, 1.807) is 7.11 Å². The van der Waals surface area contributed by atoms with E-state index in [1.165, 1.54) is 11.3 Å². The summed E-state index contributed by atoms with van der Waals surface area (Å²) in [6, 6.07) is 0. The molecule has 2 N–H and O–H groups in total. The van der Waals surface area contributed by atoms with Crippen molar-refractivity contribution >= 4 is 22.4 Å². The van der Waals surface area contributed by atoms with Crippen molar-refractivity contribution in [2.45, 2.75) is 45.4 Å². The molecule has 1 saturated heterocycles. The Kier molecular flexibility index (Phi) is 6.28. The second-order valence-electron chi connectivity index (χ2n) is 5.88. The largest absolute Gasteiger partial charge is 0.384 e. The van der Waals surface area contributed by atoms with Crippen LogP contribution in [0.1, 0.15) is 50.5 Å². The molecule has 1 amide bonds. The van der Waals surface area contributed by atoms with Gasteiger partial charge in [0.1, 0.15) is 5.01 Å². The van der Waals surface area contributed by atoms with Crippen LogP contribution in [0.3, 0.4) is 0 Å². The Morgan fingerprint density at radius 3 is 2.64 bits per heavy atom. The second kappa shape index (κ2) is 7.99. The third kappa shape index (κ3) is 3.83. The summed E-state index contributed by atoms with van der Waals surface area (Å²) in [5.41, 5.74) is -0.458. The monoisotopic (exact) mass is 326 g/mol. The zero-order valence-electron chi connectivity index (χ0n) is 13.6. The fraction of sp³-hybridized carbons (Fsp3) is 0.800. The van der Waals surface area contributed by atoms with Crippen molar-refractivity contribution in [1.82, 2.24) is 15.5 Å². The lowest BCUT2D eigenvalue weighted by atomic mass is 9.79. The summed E-state index contributed by atoms with van der Waals surface area (Å²) in [7, 11) is 1.65. The minimum atomic E-state index is -0.458. The zero-order chi connectivity index (χ0) is 16.0. The van der Waals surface area contributed by atoms with Crippen LogP contribution in [0.2, 0.25) is 0 Å². The molecule has 0 saturated carbocycles. The molecule has 2 rings (SSSR count). The van der Waals surface area contributed by atoms with Crippen LogP contribution in [0.5, 0.6) is 0 Å². The van der Waals surface area contributed by atoms with E-state index in [0.29, 0.717) is 17.7 Å². The van der Waals surface area contributed by atoms with Crippen LogP contribution in [0.15, 0.2) is 0 Å². The van der Waals surface area contributed by atoms with Gasteiger partial charge in [-0.3, -0.25) is 10.1 Å². The van der Waals surface area contributed by atoms with Crippen molar-refractivity contribution in [3.05, 3.63) is 5.01 Å². The summed E-state index contributed by atoms with van der Waals surface area (Å²) in [5, 5.41) is 16.2. The van der Waals surface area contributed by atoms with Gasteiger partial charge in [0.05, 0.1) is 12.0 Å². The molecular formula is C15H26N4O2S. The van der Waals surface area contributed by atoms with Gasteiger partial charge in [-0.05, 0) is 38.8 Å². The average Bonchev–Trinajstić information content (AvgIpc) is 2.98. The highest BCUT2D eigenvalue weighted by Crippen LogP contribution is 2.33. The number of methoxy groups -OCH3 is 1. The molecule has 0 atom stereocenters. The van der Waals surface area contributed by atoms with Gasteiger partial charge < -0.3 is 10.1 Å². The van der Waals surface area contributed by atoms with Gasteiger partial charge in [-0.2, -0.15) is 0 Å². The quantitative estimate of drug-likeness (QED) is 0.804. The molecule has 0 radical (unpaired) electrons. The number of carbonyl (C=O) groups excluding carboxylic acids is 1. The molecule has 6 nitrogen and oxygen atoms in total. The van der Waals surface area contributed by atoms with E-state index in [-0.39, 0.29) is 5.91 Å². The minimum Gasteiger partial charge on any atom is -0.384 e. The number of hydrogen-bond acceptors (Lipinski definition) is 6. The zero-order valence-corrected chi connectivity index (χ0v) is 14.5. The molecule has 22 heavy (non-hydrogen) atoms. The van der Waals surface area contributed by atoms with Crippen molar-refractivity contribution in [2.75, 3.05) is 32.1 Å². The number of aromatic nitrogens is 2. The van der Waals surface area contributed by atoms with Crippen LogP contribution in [0.4, 0.5) is 5.13 Å². The van der Waals surface area contributed by atoms with E-state index in [2.05, 4.69) is 34.7 Å². The van der Waals surface area contributed by atoms with Crippen molar-refractivity contribution in [1.29, 1.82) is 0 Å². The van der Waals surface area contributed by atoms with E-state index in [0.717, 1.165) is 43.8 Å². The van der Waals surface area contributed by atoms with Gasteiger partial charge in [0, 0.05) is 13.0 Å². The number of rotatable bonds is 7. The fourth-order valence-corrected chi connectivity index (χ4v) is 3.94. The molecule has 0 spiro atoms. The van der Waals surface area contributed by atoms with Gasteiger partial charge in [0.2, 0.25) is 11.0 Å². The maximum Gasteiger partial charge on any atom is 0.234 e. The first-order valence-corrected chi connectivity index (χ1v) is 8.81. The van der Waals surface area contributed by atoms with E-state index in [1.807, 2.05) is 0 Å². The SMILES string of the molecule is CCC(CC)c1nnc(NC(=O)C2(COC)CCNCC2)s1. The molecule has 0 bridgehead atoms. The van der Waals surface area contributed by atoms with E-state index < -0.39 is 5.41 Å². The van der Waals surface area contributed by atoms with Crippen LogP contribution in [-0.4, -0.2) is 42.9 Å². The summed E-state index contributed by atoms with van der Waals surface area (Å²) >= 11 is 1.49.